The number of hydrogen-bond acceptors (Lipinski definition) is 18. The number of alkyl halides is 4. The van der Waals surface area contributed by atoms with Crippen LogP contribution in [0.4, 0.5) is 17.6 Å². The Morgan fingerprint density at radius 1 is 0.352 bits per heavy atom. The molecule has 0 saturated heterocycles. The molecule has 122 heavy (non-hydrogen) atoms. The molecule has 8 bridgehead atoms. The van der Waals surface area contributed by atoms with Gasteiger partial charge in [-0.1, -0.05) is 100 Å². The summed E-state index contributed by atoms with van der Waals surface area (Å²) in [5.74, 6) is -2.50. The van der Waals surface area contributed by atoms with Crippen LogP contribution in [0.2, 0.25) is 0 Å². The SMILES string of the molecule is CCC1(OC(=O)C23CC4CC(CC(C(=O)OCC(F)(F)S(=O)(=O)[O-])(C4)C2)C3)CCCC1.CCC1(OC(=O)C23CC4CC(CC(C(=O)OCC(F)(F)S(=O)(=O)[O-])(C4)C2)C3)CCCC1.CCC1(OC(=O)c2ccc([S+](c3ccccc3)c3ccccc3)cc2)CCCC1.CCC1(OC(=O)c2ccc([S+](c3ccccc3)c3ccccc3)cc2)CCCC1.[Br-].[Na+]. The number of benzene rings is 6. The molecule has 6 aromatic rings. The predicted molar refractivity (Wildman–Crippen MR) is 442 cm³/mol. The van der Waals surface area contributed by atoms with Crippen molar-refractivity contribution in [2.45, 2.75) is 295 Å². The maximum atomic E-state index is 13.5. The first-order valence-corrected chi connectivity index (χ1v) is 48.2. The molecule has 4 atom stereocenters. The molecule has 28 heteroatoms. The first kappa shape index (κ1) is 96.5. The Morgan fingerprint density at radius 2 is 0.566 bits per heavy atom. The Kier molecular flexibility index (Phi) is 31.3. The van der Waals surface area contributed by atoms with Gasteiger partial charge in [0, 0.05) is 0 Å². The van der Waals surface area contributed by atoms with E-state index >= 15 is 0 Å². The van der Waals surface area contributed by atoms with Gasteiger partial charge in [-0.05, 0) is 326 Å². The smallest absolute Gasteiger partial charge is 1.00 e. The van der Waals surface area contributed by atoms with Crippen LogP contribution in [0.3, 0.4) is 0 Å². The van der Waals surface area contributed by atoms with Crippen LogP contribution in [-0.4, -0.2) is 108 Å². The summed E-state index contributed by atoms with van der Waals surface area (Å²) in [6.45, 7) is 4.64. The van der Waals surface area contributed by atoms with Crippen molar-refractivity contribution in [3.05, 3.63) is 181 Å². The second-order valence-electron chi connectivity index (χ2n) is 35.8. The van der Waals surface area contributed by atoms with E-state index in [0.29, 0.717) is 62.5 Å². The second-order valence-corrected chi connectivity index (χ2v) is 42.9. The van der Waals surface area contributed by atoms with Crippen molar-refractivity contribution in [2.24, 2.45) is 45.3 Å². The zero-order valence-electron chi connectivity index (χ0n) is 70.4. The minimum Gasteiger partial charge on any atom is -1.00 e. The Morgan fingerprint density at radius 3 is 0.787 bits per heavy atom. The summed E-state index contributed by atoms with van der Waals surface area (Å²) in [5, 5.41) is -9.37. The maximum Gasteiger partial charge on any atom is 1.00 e. The molecular formula is C94H112BrF4NaO18S4. The molecule has 18 rings (SSSR count). The van der Waals surface area contributed by atoms with Gasteiger partial charge in [0.05, 0.1) is 54.6 Å². The standard InChI is InChI=1S/2C26H27O2S.2C21H30F2O7S.BrH.Na/c2*1-2-26(19-9-10-20-26)28-25(27)21-15-17-24(18-16-21)29(22-11-5-3-6-12-22)23-13-7-4-8-14-23;2*1-2-20(5-3-4-6-20)30-17(25)19-10-14-7-15(11-19)9-18(8-14,12-19)16(24)29-13-21(22,23)31(26,27)28;;/h2*3-8,11-18H,2,9-10,19-20H2,1H3;2*14-15H,2-13H2,1H3,(H,26,27,28);1H;/q2*+1;;;;+1/p-3. The van der Waals surface area contributed by atoms with E-state index in [2.05, 4.69) is 135 Å². The van der Waals surface area contributed by atoms with Crippen LogP contribution in [-0.2, 0) is 89.6 Å². The fourth-order valence-corrected chi connectivity index (χ4v) is 26.6. The summed E-state index contributed by atoms with van der Waals surface area (Å²) in [4.78, 5) is 85.6. The molecule has 6 aromatic carbocycles. The molecule has 0 heterocycles. The average molecular weight is 1840 g/mol. The molecule has 12 aliphatic rings. The van der Waals surface area contributed by atoms with E-state index < -0.39 is 88.8 Å². The maximum absolute atomic E-state index is 13.5. The Hall–Kier alpha value is -6.14. The summed E-state index contributed by atoms with van der Waals surface area (Å²) in [6, 6.07) is 58.1. The zero-order chi connectivity index (χ0) is 85.6. The fourth-order valence-electron chi connectivity index (χ4n) is 22.0. The largest absolute Gasteiger partial charge is 1.00 e. The molecular weight excluding hydrogens is 1720 g/mol. The Labute approximate surface area is 754 Å². The molecule has 4 unspecified atom stereocenters. The van der Waals surface area contributed by atoms with Crippen molar-refractivity contribution in [3.8, 4) is 0 Å². The van der Waals surface area contributed by atoms with Crippen molar-refractivity contribution in [2.75, 3.05) is 13.2 Å². The van der Waals surface area contributed by atoms with E-state index in [1.807, 2.05) is 62.4 Å². The Bertz CT molecular complexity index is 4410. The molecule has 0 aromatic heterocycles. The van der Waals surface area contributed by atoms with E-state index in [-0.39, 0.29) is 140 Å². The van der Waals surface area contributed by atoms with E-state index in [1.54, 1.807) is 0 Å². The molecule has 0 spiro atoms. The predicted octanol–water partition coefficient (Wildman–Crippen LogP) is 14.4. The molecule has 18 nitrogen and oxygen atoms in total. The number of esters is 6. The van der Waals surface area contributed by atoms with Crippen LogP contribution in [0.5, 0.6) is 0 Å². The van der Waals surface area contributed by atoms with Crippen LogP contribution < -0.4 is 46.5 Å². The summed E-state index contributed by atoms with van der Waals surface area (Å²) in [7, 11) is -12.3. The van der Waals surface area contributed by atoms with Crippen LogP contribution >= 0.6 is 0 Å². The number of ether oxygens (including phenoxy) is 6. The van der Waals surface area contributed by atoms with Crippen molar-refractivity contribution in [1.82, 2.24) is 0 Å². The van der Waals surface area contributed by atoms with Crippen molar-refractivity contribution < 1.29 is 147 Å². The van der Waals surface area contributed by atoms with Crippen LogP contribution in [0, 0.1) is 45.3 Å². The molecule has 12 aliphatic carbocycles. The first-order chi connectivity index (χ1) is 57.1. The number of carbonyl (C=O) groups excluding carboxylic acids is 6. The molecule has 12 fully saturated rings. The number of halogens is 5. The van der Waals surface area contributed by atoms with Gasteiger partial charge in [-0.25, -0.2) is 26.4 Å². The van der Waals surface area contributed by atoms with E-state index in [9.17, 15) is 72.3 Å². The zero-order valence-corrected chi connectivity index (χ0v) is 77.2. The van der Waals surface area contributed by atoms with Crippen molar-refractivity contribution in [1.29, 1.82) is 0 Å². The normalized spacial score (nSPS) is 25.8. The molecule has 0 N–H and O–H groups in total. The molecule has 12 saturated carbocycles. The average Bonchev–Trinajstić information content (AvgIpc) is 1.19. The van der Waals surface area contributed by atoms with Gasteiger partial charge in [0.15, 0.2) is 62.8 Å². The third-order valence-corrected chi connectivity index (χ3v) is 33.9. The Balaban J connectivity index is 0.000000158. The minimum atomic E-state index is -5.94. The van der Waals surface area contributed by atoms with Gasteiger partial charge in [0.1, 0.15) is 22.4 Å². The second kappa shape index (κ2) is 39.6. The van der Waals surface area contributed by atoms with Crippen molar-refractivity contribution in [3.63, 3.8) is 0 Å². The molecule has 0 aliphatic heterocycles. The van der Waals surface area contributed by atoms with Gasteiger partial charge < -0.3 is 54.5 Å². The van der Waals surface area contributed by atoms with Crippen LogP contribution in [0.25, 0.3) is 0 Å². The molecule has 656 valence electrons. The third-order valence-electron chi connectivity index (χ3n) is 27.8. The van der Waals surface area contributed by atoms with E-state index in [4.69, 9.17) is 28.4 Å². The van der Waals surface area contributed by atoms with E-state index in [0.717, 1.165) is 141 Å². The van der Waals surface area contributed by atoms with Gasteiger partial charge in [-0.2, -0.15) is 17.6 Å². The minimum absolute atomic E-state index is 0. The molecule has 0 radical (unpaired) electrons. The van der Waals surface area contributed by atoms with Crippen molar-refractivity contribution >= 4 is 77.8 Å². The van der Waals surface area contributed by atoms with E-state index in [1.165, 1.54) is 29.4 Å². The first-order valence-electron chi connectivity index (χ1n) is 42.9. The third kappa shape index (κ3) is 21.5. The quantitative estimate of drug-likeness (QED) is 0.0122. The fraction of sp³-hybridized carbons (Fsp3) is 0.553. The monoisotopic (exact) mass is 1830 g/mol. The number of hydrogen-bond donors (Lipinski definition) is 0. The molecule has 0 amide bonds. The van der Waals surface area contributed by atoms with Gasteiger partial charge in [-0.3, -0.25) is 19.2 Å². The summed E-state index contributed by atoms with van der Waals surface area (Å²) < 4.78 is 152. The van der Waals surface area contributed by atoms with Crippen LogP contribution in [0.1, 0.15) is 254 Å². The number of rotatable bonds is 26. The topological polar surface area (TPSA) is 272 Å². The van der Waals surface area contributed by atoms with Crippen LogP contribution in [0.15, 0.2) is 199 Å². The van der Waals surface area contributed by atoms with Gasteiger partial charge >= 0.3 is 75.9 Å². The summed E-state index contributed by atoms with van der Waals surface area (Å²) in [5.41, 5.74) is -4.04. The number of carbonyl (C=O) groups is 6. The summed E-state index contributed by atoms with van der Waals surface area (Å²) >= 11 is 0. The summed E-state index contributed by atoms with van der Waals surface area (Å²) in [6.07, 6.45) is 25.3. The van der Waals surface area contributed by atoms with Gasteiger partial charge in [0.2, 0.25) is 0 Å². The van der Waals surface area contributed by atoms with Gasteiger partial charge in [-0.15, -0.1) is 0 Å². The van der Waals surface area contributed by atoms with Gasteiger partial charge in [0.25, 0.3) is 0 Å².